The molecule has 0 radical (unpaired) electrons. The van der Waals surface area contributed by atoms with E-state index in [1.807, 2.05) is 37.2 Å². The fraction of sp³-hybridized carbons (Fsp3) is 0.333. The molecule has 0 unspecified atom stereocenters. The van der Waals surface area contributed by atoms with Crippen LogP contribution in [0.15, 0.2) is 48.9 Å². The first-order chi connectivity index (χ1) is 15.0. The number of halogens is 1. The van der Waals surface area contributed by atoms with Gasteiger partial charge in [-0.25, -0.2) is 14.4 Å². The number of amides is 1. The SMILES string of the molecule is Cc1ncc(-c2ccncc2C)c([C@H]2CCCCN2C(=O)COc2ccccc2F)n1. The Hall–Kier alpha value is -3.35. The Bertz CT molecular complexity index is 1090. The molecule has 7 heteroatoms. The molecule has 3 heterocycles. The van der Waals surface area contributed by atoms with Crippen molar-refractivity contribution in [2.45, 2.75) is 39.2 Å². The maximum Gasteiger partial charge on any atom is 0.261 e. The molecule has 4 rings (SSSR count). The summed E-state index contributed by atoms with van der Waals surface area (Å²) < 4.78 is 19.4. The average Bonchev–Trinajstić information content (AvgIpc) is 2.79. The smallest absolute Gasteiger partial charge is 0.261 e. The van der Waals surface area contributed by atoms with E-state index in [1.165, 1.54) is 12.1 Å². The number of rotatable bonds is 5. The first kappa shape index (κ1) is 20.9. The number of aromatic nitrogens is 3. The van der Waals surface area contributed by atoms with Gasteiger partial charge in [0.25, 0.3) is 5.91 Å². The van der Waals surface area contributed by atoms with E-state index in [0.717, 1.165) is 41.6 Å². The summed E-state index contributed by atoms with van der Waals surface area (Å²) in [4.78, 5) is 28.2. The van der Waals surface area contributed by atoms with Crippen LogP contribution in [0.4, 0.5) is 4.39 Å². The second-order valence-electron chi connectivity index (χ2n) is 7.72. The first-order valence-corrected chi connectivity index (χ1v) is 10.5. The van der Waals surface area contributed by atoms with Crippen molar-refractivity contribution < 1.29 is 13.9 Å². The summed E-state index contributed by atoms with van der Waals surface area (Å²) in [5, 5.41) is 0. The van der Waals surface area contributed by atoms with Gasteiger partial charge in [-0.1, -0.05) is 12.1 Å². The first-order valence-electron chi connectivity index (χ1n) is 10.5. The molecule has 1 fully saturated rings. The van der Waals surface area contributed by atoms with Crippen LogP contribution in [0.3, 0.4) is 0 Å². The lowest BCUT2D eigenvalue weighted by molar-refractivity contribution is -0.137. The summed E-state index contributed by atoms with van der Waals surface area (Å²) >= 11 is 0. The monoisotopic (exact) mass is 420 g/mol. The molecule has 160 valence electrons. The lowest BCUT2D eigenvalue weighted by Crippen LogP contribution is -2.41. The highest BCUT2D eigenvalue weighted by Gasteiger charge is 2.31. The zero-order valence-electron chi connectivity index (χ0n) is 17.7. The number of pyridine rings is 1. The van der Waals surface area contributed by atoms with E-state index in [4.69, 9.17) is 9.72 Å². The van der Waals surface area contributed by atoms with Crippen LogP contribution in [0.1, 0.15) is 42.4 Å². The van der Waals surface area contributed by atoms with Crippen LogP contribution in [-0.2, 0) is 4.79 Å². The van der Waals surface area contributed by atoms with Crippen LogP contribution in [0.25, 0.3) is 11.1 Å². The van der Waals surface area contributed by atoms with Gasteiger partial charge in [-0.2, -0.15) is 0 Å². The van der Waals surface area contributed by atoms with Crippen molar-refractivity contribution in [3.05, 3.63) is 71.8 Å². The molecule has 1 amide bonds. The fourth-order valence-electron chi connectivity index (χ4n) is 4.02. The van der Waals surface area contributed by atoms with Crippen LogP contribution in [0.5, 0.6) is 5.75 Å². The minimum Gasteiger partial charge on any atom is -0.481 e. The standard InChI is InChI=1S/C24H25FN4O2/c1-16-13-26-11-10-18(16)19-14-27-17(2)28-24(19)21-8-5-6-12-29(21)23(30)15-31-22-9-4-3-7-20(22)25/h3-4,7,9-11,13-14,21H,5-6,8,12,15H2,1-2H3/t21-/m1/s1. The van der Waals surface area contributed by atoms with Crippen molar-refractivity contribution in [1.82, 2.24) is 19.9 Å². The Morgan fingerprint density at radius 1 is 1.16 bits per heavy atom. The van der Waals surface area contributed by atoms with E-state index in [2.05, 4.69) is 9.97 Å². The molecule has 1 saturated heterocycles. The average molecular weight is 420 g/mol. The Morgan fingerprint density at radius 2 is 2.00 bits per heavy atom. The molecular formula is C24H25FN4O2. The van der Waals surface area contributed by atoms with Crippen molar-refractivity contribution in [3.63, 3.8) is 0 Å². The molecule has 0 spiro atoms. The lowest BCUT2D eigenvalue weighted by Gasteiger charge is -2.36. The number of aryl methyl sites for hydroxylation is 2. The van der Waals surface area contributed by atoms with E-state index in [9.17, 15) is 9.18 Å². The number of piperidine rings is 1. The molecule has 3 aromatic rings. The van der Waals surface area contributed by atoms with Crippen molar-refractivity contribution in [1.29, 1.82) is 0 Å². The third kappa shape index (κ3) is 4.55. The van der Waals surface area contributed by atoms with Crippen LogP contribution >= 0.6 is 0 Å². The zero-order chi connectivity index (χ0) is 21.8. The van der Waals surface area contributed by atoms with Crippen molar-refractivity contribution in [2.24, 2.45) is 0 Å². The lowest BCUT2D eigenvalue weighted by atomic mass is 9.92. The Kier molecular flexibility index (Phi) is 6.21. The van der Waals surface area contributed by atoms with Crippen molar-refractivity contribution in [2.75, 3.05) is 13.2 Å². The number of carbonyl (C=O) groups is 1. The van der Waals surface area contributed by atoms with Gasteiger partial charge in [-0.3, -0.25) is 9.78 Å². The number of ether oxygens (including phenoxy) is 1. The molecule has 0 aliphatic carbocycles. The number of nitrogens with zero attached hydrogens (tertiary/aromatic N) is 4. The molecule has 1 aliphatic rings. The Balaban J connectivity index is 1.63. The van der Waals surface area contributed by atoms with E-state index in [0.29, 0.717) is 12.4 Å². The summed E-state index contributed by atoms with van der Waals surface area (Å²) in [6.45, 7) is 4.24. The minimum absolute atomic E-state index is 0.0791. The summed E-state index contributed by atoms with van der Waals surface area (Å²) in [7, 11) is 0. The van der Waals surface area contributed by atoms with Gasteiger partial charge in [0.15, 0.2) is 18.2 Å². The highest BCUT2D eigenvalue weighted by atomic mass is 19.1. The number of para-hydroxylation sites is 1. The number of benzene rings is 1. The molecule has 31 heavy (non-hydrogen) atoms. The number of hydrogen-bond acceptors (Lipinski definition) is 5. The van der Waals surface area contributed by atoms with Crippen LogP contribution in [-0.4, -0.2) is 38.9 Å². The maximum absolute atomic E-state index is 13.9. The van der Waals surface area contributed by atoms with Gasteiger partial charge >= 0.3 is 0 Å². The maximum atomic E-state index is 13.9. The van der Waals surface area contributed by atoms with Gasteiger partial charge in [0, 0.05) is 30.7 Å². The second-order valence-corrected chi connectivity index (χ2v) is 7.72. The predicted octanol–water partition coefficient (Wildman–Crippen LogP) is 4.43. The summed E-state index contributed by atoms with van der Waals surface area (Å²) in [6, 6.07) is 7.87. The third-order valence-electron chi connectivity index (χ3n) is 5.58. The highest BCUT2D eigenvalue weighted by molar-refractivity contribution is 5.79. The topological polar surface area (TPSA) is 68.2 Å². The molecule has 6 nitrogen and oxygen atoms in total. The van der Waals surface area contributed by atoms with Crippen LogP contribution < -0.4 is 4.74 Å². The van der Waals surface area contributed by atoms with E-state index < -0.39 is 5.82 Å². The molecule has 0 saturated carbocycles. The zero-order valence-corrected chi connectivity index (χ0v) is 17.7. The van der Waals surface area contributed by atoms with Gasteiger partial charge in [0.05, 0.1) is 11.7 Å². The molecule has 1 aliphatic heterocycles. The van der Waals surface area contributed by atoms with Crippen LogP contribution in [0.2, 0.25) is 0 Å². The summed E-state index contributed by atoms with van der Waals surface area (Å²) in [5.41, 5.74) is 3.77. The third-order valence-corrected chi connectivity index (χ3v) is 5.58. The van der Waals surface area contributed by atoms with Crippen molar-refractivity contribution >= 4 is 5.91 Å². The van der Waals surface area contributed by atoms with E-state index >= 15 is 0 Å². The van der Waals surface area contributed by atoms with Crippen molar-refractivity contribution in [3.8, 4) is 16.9 Å². The predicted molar refractivity (Wildman–Crippen MR) is 115 cm³/mol. The second kappa shape index (κ2) is 9.20. The number of hydrogen-bond donors (Lipinski definition) is 0. The summed E-state index contributed by atoms with van der Waals surface area (Å²) in [5.74, 6) is 0.0791. The Labute approximate surface area is 181 Å². The van der Waals surface area contributed by atoms with E-state index in [1.54, 1.807) is 18.3 Å². The molecule has 0 N–H and O–H groups in total. The summed E-state index contributed by atoms with van der Waals surface area (Å²) in [6.07, 6.45) is 8.10. The van der Waals surface area contributed by atoms with Gasteiger partial charge in [0.2, 0.25) is 0 Å². The minimum atomic E-state index is -0.479. The number of carbonyl (C=O) groups excluding carboxylic acids is 1. The van der Waals surface area contributed by atoms with Gasteiger partial charge in [0.1, 0.15) is 5.82 Å². The van der Waals surface area contributed by atoms with E-state index in [-0.39, 0.29) is 24.3 Å². The molecule has 2 aromatic heterocycles. The number of likely N-dealkylation sites (tertiary alicyclic amines) is 1. The van der Waals surface area contributed by atoms with Crippen LogP contribution in [0, 0.1) is 19.7 Å². The normalized spacial score (nSPS) is 16.2. The molecular weight excluding hydrogens is 395 g/mol. The van der Waals surface area contributed by atoms with Gasteiger partial charge in [-0.05, 0) is 62.4 Å². The van der Waals surface area contributed by atoms with Gasteiger partial charge in [-0.15, -0.1) is 0 Å². The Morgan fingerprint density at radius 3 is 2.81 bits per heavy atom. The highest BCUT2D eigenvalue weighted by Crippen LogP contribution is 2.36. The molecule has 1 atom stereocenters. The quantitative estimate of drug-likeness (QED) is 0.611. The molecule has 1 aromatic carbocycles. The fourth-order valence-corrected chi connectivity index (χ4v) is 4.02. The molecule has 0 bridgehead atoms. The van der Waals surface area contributed by atoms with Gasteiger partial charge < -0.3 is 9.64 Å². The largest absolute Gasteiger partial charge is 0.481 e.